The van der Waals surface area contributed by atoms with Crippen LogP contribution in [-0.4, -0.2) is 26.9 Å². The molecule has 3 aromatic heterocycles. The minimum Gasteiger partial charge on any atom is -0.472 e. The summed E-state index contributed by atoms with van der Waals surface area (Å²) in [4.78, 5) is 19.2. The highest BCUT2D eigenvalue weighted by molar-refractivity contribution is 5.92. The standard InChI is InChI=1S/C18H20N4O3/c1-13-17-20-16(18(23)19-9-15-3-2-7-25-15)11-22(17)6-5-21(13)10-14-4-8-24-12-14/h2-4,7-8,11-13H,5-6,9-10H2,1H3,(H,19,23). The molecule has 3 aromatic rings. The summed E-state index contributed by atoms with van der Waals surface area (Å²) in [5.41, 5.74) is 1.59. The third-order valence-corrected chi connectivity index (χ3v) is 4.56. The predicted octanol–water partition coefficient (Wildman–Crippen LogP) is 2.58. The molecule has 4 heterocycles. The van der Waals surface area contributed by atoms with Gasteiger partial charge in [0.1, 0.15) is 17.3 Å². The van der Waals surface area contributed by atoms with Crippen LogP contribution < -0.4 is 5.32 Å². The molecule has 1 aliphatic rings. The number of carbonyl (C=O) groups excluding carboxylic acids is 1. The molecule has 0 aliphatic carbocycles. The fourth-order valence-corrected chi connectivity index (χ4v) is 3.15. The van der Waals surface area contributed by atoms with Gasteiger partial charge in [-0.2, -0.15) is 0 Å². The quantitative estimate of drug-likeness (QED) is 0.772. The minimum absolute atomic E-state index is 0.135. The Balaban J connectivity index is 1.44. The van der Waals surface area contributed by atoms with Gasteiger partial charge in [-0.15, -0.1) is 0 Å². The van der Waals surface area contributed by atoms with E-state index in [1.807, 2.05) is 18.3 Å². The van der Waals surface area contributed by atoms with Gasteiger partial charge in [0.25, 0.3) is 5.91 Å². The smallest absolute Gasteiger partial charge is 0.271 e. The number of carbonyl (C=O) groups is 1. The lowest BCUT2D eigenvalue weighted by molar-refractivity contribution is 0.0943. The minimum atomic E-state index is -0.188. The molecule has 1 amide bonds. The first-order valence-corrected chi connectivity index (χ1v) is 8.33. The molecule has 25 heavy (non-hydrogen) atoms. The van der Waals surface area contributed by atoms with E-state index in [2.05, 4.69) is 26.7 Å². The molecule has 0 bridgehead atoms. The average Bonchev–Trinajstić information content (AvgIpc) is 3.37. The number of nitrogens with one attached hydrogen (secondary N) is 1. The molecule has 130 valence electrons. The van der Waals surface area contributed by atoms with Crippen molar-refractivity contribution in [2.75, 3.05) is 6.54 Å². The second kappa shape index (κ2) is 6.60. The predicted molar refractivity (Wildman–Crippen MR) is 89.6 cm³/mol. The van der Waals surface area contributed by atoms with Crippen LogP contribution in [-0.2, 0) is 19.6 Å². The van der Waals surface area contributed by atoms with Crippen molar-refractivity contribution in [2.24, 2.45) is 0 Å². The first kappa shape index (κ1) is 15.7. The van der Waals surface area contributed by atoms with Crippen LogP contribution in [0.2, 0.25) is 0 Å². The van der Waals surface area contributed by atoms with Gasteiger partial charge in [0, 0.05) is 31.4 Å². The van der Waals surface area contributed by atoms with Gasteiger partial charge < -0.3 is 18.7 Å². The Bertz CT molecular complexity index is 836. The first-order chi connectivity index (χ1) is 12.2. The Labute approximate surface area is 145 Å². The summed E-state index contributed by atoms with van der Waals surface area (Å²) in [6.45, 7) is 5.00. The van der Waals surface area contributed by atoms with E-state index in [-0.39, 0.29) is 11.9 Å². The van der Waals surface area contributed by atoms with Gasteiger partial charge in [0.05, 0.1) is 31.4 Å². The van der Waals surface area contributed by atoms with E-state index in [0.717, 1.165) is 36.8 Å². The van der Waals surface area contributed by atoms with E-state index < -0.39 is 0 Å². The van der Waals surface area contributed by atoms with E-state index >= 15 is 0 Å². The number of imidazole rings is 1. The highest BCUT2D eigenvalue weighted by Crippen LogP contribution is 2.26. The number of aromatic nitrogens is 2. The van der Waals surface area contributed by atoms with Gasteiger partial charge in [-0.05, 0) is 25.1 Å². The van der Waals surface area contributed by atoms with Gasteiger partial charge in [-0.25, -0.2) is 4.98 Å². The molecule has 0 radical (unpaired) electrons. The van der Waals surface area contributed by atoms with Crippen LogP contribution >= 0.6 is 0 Å². The zero-order chi connectivity index (χ0) is 17.2. The number of rotatable bonds is 5. The molecule has 0 saturated carbocycles. The molecule has 0 spiro atoms. The van der Waals surface area contributed by atoms with Crippen molar-refractivity contribution in [3.8, 4) is 0 Å². The number of furan rings is 2. The summed E-state index contributed by atoms with van der Waals surface area (Å²) in [6, 6.07) is 5.73. The monoisotopic (exact) mass is 340 g/mol. The third kappa shape index (κ3) is 3.23. The lowest BCUT2D eigenvalue weighted by Crippen LogP contribution is -2.36. The molecule has 1 N–H and O–H groups in total. The van der Waals surface area contributed by atoms with Gasteiger partial charge in [0.2, 0.25) is 0 Å². The number of hydrogen-bond donors (Lipinski definition) is 1. The number of hydrogen-bond acceptors (Lipinski definition) is 5. The first-order valence-electron chi connectivity index (χ1n) is 8.33. The summed E-state index contributed by atoms with van der Waals surface area (Å²) >= 11 is 0. The molecular formula is C18H20N4O3. The molecular weight excluding hydrogens is 320 g/mol. The zero-order valence-corrected chi connectivity index (χ0v) is 14.0. The van der Waals surface area contributed by atoms with E-state index in [4.69, 9.17) is 8.83 Å². The van der Waals surface area contributed by atoms with Crippen LogP contribution in [0.1, 0.15) is 40.6 Å². The number of amides is 1. The Morgan fingerprint density at radius 1 is 1.36 bits per heavy atom. The maximum atomic E-state index is 12.3. The topological polar surface area (TPSA) is 76.4 Å². The fourth-order valence-electron chi connectivity index (χ4n) is 3.15. The van der Waals surface area contributed by atoms with Gasteiger partial charge in [-0.3, -0.25) is 9.69 Å². The van der Waals surface area contributed by atoms with Crippen LogP contribution in [0.5, 0.6) is 0 Å². The van der Waals surface area contributed by atoms with E-state index in [1.165, 1.54) is 0 Å². The van der Waals surface area contributed by atoms with E-state index in [0.29, 0.717) is 12.2 Å². The fraction of sp³-hybridized carbons (Fsp3) is 0.333. The van der Waals surface area contributed by atoms with Crippen molar-refractivity contribution in [1.82, 2.24) is 19.8 Å². The normalized spacial score (nSPS) is 17.4. The average molecular weight is 340 g/mol. The Kier molecular flexibility index (Phi) is 4.15. The van der Waals surface area contributed by atoms with Crippen LogP contribution in [0.25, 0.3) is 0 Å². The summed E-state index contributed by atoms with van der Waals surface area (Å²) in [5, 5.41) is 2.84. The van der Waals surface area contributed by atoms with Gasteiger partial charge in [0.15, 0.2) is 0 Å². The van der Waals surface area contributed by atoms with E-state index in [9.17, 15) is 4.79 Å². The Morgan fingerprint density at radius 2 is 2.28 bits per heavy atom. The van der Waals surface area contributed by atoms with Crippen molar-refractivity contribution < 1.29 is 13.6 Å². The van der Waals surface area contributed by atoms with Crippen molar-refractivity contribution in [1.29, 1.82) is 0 Å². The maximum absolute atomic E-state index is 12.3. The molecule has 1 unspecified atom stereocenters. The maximum Gasteiger partial charge on any atom is 0.271 e. The highest BCUT2D eigenvalue weighted by Gasteiger charge is 2.27. The number of nitrogens with zero attached hydrogens (tertiary/aromatic N) is 3. The lowest BCUT2D eigenvalue weighted by atomic mass is 10.2. The largest absolute Gasteiger partial charge is 0.472 e. The second-order valence-corrected chi connectivity index (χ2v) is 6.22. The van der Waals surface area contributed by atoms with Crippen LogP contribution in [0.15, 0.2) is 52.0 Å². The molecule has 4 rings (SSSR count). The van der Waals surface area contributed by atoms with Crippen molar-refractivity contribution in [3.05, 3.63) is 66.0 Å². The molecule has 0 saturated heterocycles. The van der Waals surface area contributed by atoms with Gasteiger partial charge >= 0.3 is 0 Å². The van der Waals surface area contributed by atoms with Crippen LogP contribution in [0.4, 0.5) is 0 Å². The summed E-state index contributed by atoms with van der Waals surface area (Å²) < 4.78 is 12.4. The summed E-state index contributed by atoms with van der Waals surface area (Å²) in [7, 11) is 0. The molecule has 7 nitrogen and oxygen atoms in total. The molecule has 1 atom stereocenters. The summed E-state index contributed by atoms with van der Waals surface area (Å²) in [5.74, 6) is 1.45. The van der Waals surface area contributed by atoms with Gasteiger partial charge in [-0.1, -0.05) is 0 Å². The Hall–Kier alpha value is -2.80. The lowest BCUT2D eigenvalue weighted by Gasteiger charge is -2.33. The zero-order valence-electron chi connectivity index (χ0n) is 14.0. The van der Waals surface area contributed by atoms with Crippen molar-refractivity contribution in [3.63, 3.8) is 0 Å². The number of fused-ring (bicyclic) bond motifs is 1. The Morgan fingerprint density at radius 3 is 3.04 bits per heavy atom. The SMILES string of the molecule is CC1c2nc(C(=O)NCc3ccco3)cn2CCN1Cc1ccoc1. The second-order valence-electron chi connectivity index (χ2n) is 6.22. The molecule has 1 aliphatic heterocycles. The van der Waals surface area contributed by atoms with Crippen molar-refractivity contribution >= 4 is 5.91 Å². The van der Waals surface area contributed by atoms with Crippen LogP contribution in [0, 0.1) is 0 Å². The molecule has 0 aromatic carbocycles. The molecule has 0 fully saturated rings. The van der Waals surface area contributed by atoms with E-state index in [1.54, 1.807) is 24.9 Å². The van der Waals surface area contributed by atoms with Crippen molar-refractivity contribution in [2.45, 2.75) is 32.6 Å². The highest BCUT2D eigenvalue weighted by atomic mass is 16.3. The third-order valence-electron chi connectivity index (χ3n) is 4.56. The van der Waals surface area contributed by atoms with Crippen LogP contribution in [0.3, 0.4) is 0 Å². The molecule has 7 heteroatoms. The summed E-state index contributed by atoms with van der Waals surface area (Å²) in [6.07, 6.45) is 6.87.